The lowest BCUT2D eigenvalue weighted by Crippen LogP contribution is -1.98. The minimum atomic E-state index is 0.761. The minimum Gasteiger partial charge on any atom is -0.492 e. The zero-order chi connectivity index (χ0) is 23.1. The number of ether oxygens (including phenoxy) is 1. The van der Waals surface area contributed by atoms with E-state index in [9.17, 15) is 0 Å². The number of nitrogens with zero attached hydrogens (tertiary/aromatic N) is 3. The van der Waals surface area contributed by atoms with Gasteiger partial charge in [0.05, 0.1) is 18.5 Å². The lowest BCUT2D eigenvalue weighted by atomic mass is 10.1. The van der Waals surface area contributed by atoms with E-state index >= 15 is 0 Å². The molecule has 0 radical (unpaired) electrons. The third kappa shape index (κ3) is 8.60. The van der Waals surface area contributed by atoms with Gasteiger partial charge >= 0.3 is 0 Å². The molecule has 0 aliphatic rings. The number of pyridine rings is 1. The van der Waals surface area contributed by atoms with Crippen LogP contribution in [0.2, 0.25) is 0 Å². The SMILES string of the molecule is CCCCCCCOc1ccc(-c2ccc(-c3ncc(CCCCCCC)cn3)cc2)nc1. The van der Waals surface area contributed by atoms with Gasteiger partial charge in [0.1, 0.15) is 5.75 Å². The van der Waals surface area contributed by atoms with Gasteiger partial charge in [0.2, 0.25) is 0 Å². The van der Waals surface area contributed by atoms with Gasteiger partial charge in [0.15, 0.2) is 5.82 Å². The van der Waals surface area contributed by atoms with Crippen LogP contribution in [0.5, 0.6) is 5.75 Å². The second-order valence-corrected chi connectivity index (χ2v) is 8.80. The fourth-order valence-corrected chi connectivity index (χ4v) is 3.89. The first-order valence-electron chi connectivity index (χ1n) is 12.8. The predicted molar refractivity (Wildman–Crippen MR) is 137 cm³/mol. The quantitative estimate of drug-likeness (QED) is 0.222. The van der Waals surface area contributed by atoms with Gasteiger partial charge in [-0.05, 0) is 37.0 Å². The van der Waals surface area contributed by atoms with Crippen LogP contribution in [-0.2, 0) is 6.42 Å². The van der Waals surface area contributed by atoms with Gasteiger partial charge < -0.3 is 4.74 Å². The predicted octanol–water partition coefficient (Wildman–Crippen LogP) is 8.07. The van der Waals surface area contributed by atoms with Crippen molar-refractivity contribution in [3.63, 3.8) is 0 Å². The first kappa shape index (κ1) is 24.9. The van der Waals surface area contributed by atoms with Crippen LogP contribution in [0.3, 0.4) is 0 Å². The maximum Gasteiger partial charge on any atom is 0.159 e. The summed E-state index contributed by atoms with van der Waals surface area (Å²) in [5.41, 5.74) is 4.26. The number of hydrogen-bond acceptors (Lipinski definition) is 4. The van der Waals surface area contributed by atoms with E-state index in [0.29, 0.717) is 0 Å². The van der Waals surface area contributed by atoms with Gasteiger partial charge in [-0.15, -0.1) is 0 Å². The molecule has 3 rings (SSSR count). The van der Waals surface area contributed by atoms with Gasteiger partial charge in [0.25, 0.3) is 0 Å². The second kappa shape index (κ2) is 14.4. The maximum atomic E-state index is 5.83. The van der Waals surface area contributed by atoms with Crippen LogP contribution in [0.4, 0.5) is 0 Å². The van der Waals surface area contributed by atoms with Crippen molar-refractivity contribution in [3.8, 4) is 28.4 Å². The Morgan fingerprint density at radius 2 is 1.24 bits per heavy atom. The van der Waals surface area contributed by atoms with Crippen LogP contribution in [0.15, 0.2) is 55.0 Å². The van der Waals surface area contributed by atoms with E-state index in [1.54, 1.807) is 0 Å². The Hall–Kier alpha value is -2.75. The number of benzene rings is 1. The molecular formula is C29H39N3O. The highest BCUT2D eigenvalue weighted by Crippen LogP contribution is 2.23. The van der Waals surface area contributed by atoms with Crippen molar-refractivity contribution in [1.29, 1.82) is 0 Å². The molecule has 0 N–H and O–H groups in total. The lowest BCUT2D eigenvalue weighted by molar-refractivity contribution is 0.303. The Balaban J connectivity index is 1.48. The van der Waals surface area contributed by atoms with Crippen molar-refractivity contribution in [2.45, 2.75) is 84.5 Å². The summed E-state index contributed by atoms with van der Waals surface area (Å²) in [5.74, 6) is 1.61. The summed E-state index contributed by atoms with van der Waals surface area (Å²) in [6, 6.07) is 12.3. The Morgan fingerprint density at radius 3 is 1.88 bits per heavy atom. The van der Waals surface area contributed by atoms with E-state index in [2.05, 4.69) is 53.1 Å². The lowest BCUT2D eigenvalue weighted by Gasteiger charge is -2.07. The molecule has 176 valence electrons. The van der Waals surface area contributed by atoms with Crippen molar-refractivity contribution < 1.29 is 4.74 Å². The van der Waals surface area contributed by atoms with Gasteiger partial charge in [-0.2, -0.15) is 0 Å². The van der Waals surface area contributed by atoms with E-state index in [1.165, 1.54) is 63.4 Å². The molecule has 0 atom stereocenters. The van der Waals surface area contributed by atoms with E-state index in [1.807, 2.05) is 30.7 Å². The Labute approximate surface area is 199 Å². The molecule has 2 heterocycles. The molecule has 0 amide bonds. The molecule has 33 heavy (non-hydrogen) atoms. The molecule has 0 saturated carbocycles. The largest absolute Gasteiger partial charge is 0.492 e. The van der Waals surface area contributed by atoms with Gasteiger partial charge in [-0.3, -0.25) is 4.98 Å². The van der Waals surface area contributed by atoms with Crippen LogP contribution in [0.25, 0.3) is 22.6 Å². The van der Waals surface area contributed by atoms with E-state index < -0.39 is 0 Å². The third-order valence-corrected chi connectivity index (χ3v) is 5.97. The van der Waals surface area contributed by atoms with Crippen molar-refractivity contribution in [1.82, 2.24) is 15.0 Å². The molecule has 0 aliphatic heterocycles. The van der Waals surface area contributed by atoms with E-state index in [-0.39, 0.29) is 0 Å². The fourth-order valence-electron chi connectivity index (χ4n) is 3.89. The molecule has 0 fully saturated rings. The summed E-state index contributed by atoms with van der Waals surface area (Å²) >= 11 is 0. The number of rotatable bonds is 15. The van der Waals surface area contributed by atoms with Crippen LogP contribution in [0, 0.1) is 0 Å². The molecule has 2 aromatic heterocycles. The summed E-state index contributed by atoms with van der Waals surface area (Å²) in [6.07, 6.45) is 19.5. The highest BCUT2D eigenvalue weighted by atomic mass is 16.5. The standard InChI is InChI=1S/C29H39N3O/c1-3-5-7-9-11-13-24-21-31-29(32-22-24)26-16-14-25(15-17-26)28-19-18-27(23-30-28)33-20-12-10-8-6-4-2/h14-19,21-23H,3-13,20H2,1-2H3. The van der Waals surface area contributed by atoms with Crippen LogP contribution < -0.4 is 4.74 Å². The summed E-state index contributed by atoms with van der Waals surface area (Å²) in [4.78, 5) is 13.8. The highest BCUT2D eigenvalue weighted by molar-refractivity contribution is 5.65. The molecule has 0 saturated heterocycles. The molecule has 0 spiro atoms. The van der Waals surface area contributed by atoms with Crippen molar-refractivity contribution in [3.05, 3.63) is 60.6 Å². The summed E-state index contributed by atoms with van der Waals surface area (Å²) in [6.45, 7) is 5.24. The monoisotopic (exact) mass is 445 g/mol. The topological polar surface area (TPSA) is 47.9 Å². The van der Waals surface area contributed by atoms with Crippen molar-refractivity contribution >= 4 is 0 Å². The summed E-state index contributed by atoms with van der Waals surface area (Å²) in [5, 5.41) is 0. The average Bonchev–Trinajstić information content (AvgIpc) is 2.87. The van der Waals surface area contributed by atoms with Crippen LogP contribution in [0.1, 0.15) is 83.6 Å². The average molecular weight is 446 g/mol. The van der Waals surface area contributed by atoms with Crippen LogP contribution >= 0.6 is 0 Å². The number of aromatic nitrogens is 3. The molecule has 3 aromatic rings. The van der Waals surface area contributed by atoms with Crippen molar-refractivity contribution in [2.75, 3.05) is 6.61 Å². The molecule has 0 bridgehead atoms. The zero-order valence-corrected chi connectivity index (χ0v) is 20.4. The summed E-state index contributed by atoms with van der Waals surface area (Å²) in [7, 11) is 0. The third-order valence-electron chi connectivity index (χ3n) is 5.97. The highest BCUT2D eigenvalue weighted by Gasteiger charge is 2.05. The minimum absolute atomic E-state index is 0.761. The second-order valence-electron chi connectivity index (χ2n) is 8.80. The fraction of sp³-hybridized carbons (Fsp3) is 0.483. The normalized spacial score (nSPS) is 11.0. The number of hydrogen-bond donors (Lipinski definition) is 0. The first-order valence-corrected chi connectivity index (χ1v) is 12.8. The van der Waals surface area contributed by atoms with Gasteiger partial charge in [0, 0.05) is 23.5 Å². The number of aryl methyl sites for hydroxylation is 1. The van der Waals surface area contributed by atoms with Gasteiger partial charge in [-0.25, -0.2) is 9.97 Å². The Kier molecular flexibility index (Phi) is 10.9. The molecule has 4 heteroatoms. The Bertz CT molecular complexity index is 905. The van der Waals surface area contributed by atoms with E-state index in [0.717, 1.165) is 47.8 Å². The van der Waals surface area contributed by atoms with E-state index in [4.69, 9.17) is 4.74 Å². The first-order chi connectivity index (χ1) is 16.3. The molecule has 4 nitrogen and oxygen atoms in total. The van der Waals surface area contributed by atoms with Crippen LogP contribution in [-0.4, -0.2) is 21.6 Å². The zero-order valence-electron chi connectivity index (χ0n) is 20.4. The molecular weight excluding hydrogens is 406 g/mol. The molecule has 0 aliphatic carbocycles. The number of unbranched alkanes of at least 4 members (excludes halogenated alkanes) is 8. The van der Waals surface area contributed by atoms with Crippen molar-refractivity contribution in [2.24, 2.45) is 0 Å². The Morgan fingerprint density at radius 1 is 0.606 bits per heavy atom. The molecule has 1 aromatic carbocycles. The molecule has 0 unspecified atom stereocenters. The smallest absolute Gasteiger partial charge is 0.159 e. The maximum absolute atomic E-state index is 5.83. The van der Waals surface area contributed by atoms with Gasteiger partial charge in [-0.1, -0.05) is 89.5 Å². The summed E-state index contributed by atoms with van der Waals surface area (Å²) < 4.78 is 5.83.